The molecule has 0 heterocycles. The van der Waals surface area contributed by atoms with Crippen LogP contribution in [0.4, 0.5) is 0 Å². The molecule has 0 nitrogen and oxygen atoms in total. The highest BCUT2D eigenvalue weighted by molar-refractivity contribution is 5.04. The van der Waals surface area contributed by atoms with Crippen LogP contribution in [0, 0.1) is 40.4 Å². The van der Waals surface area contributed by atoms with Crippen LogP contribution in [0.3, 0.4) is 0 Å². The molecular weight excluding hydrogens is 312 g/mol. The zero-order chi connectivity index (χ0) is 18.8. The van der Waals surface area contributed by atoms with E-state index in [2.05, 4.69) is 34.6 Å². The van der Waals surface area contributed by atoms with Crippen LogP contribution in [0.5, 0.6) is 0 Å². The van der Waals surface area contributed by atoms with Crippen LogP contribution in [0.1, 0.15) is 125 Å². The zero-order valence-corrected chi connectivity index (χ0v) is 18.8. The highest BCUT2D eigenvalue weighted by Gasteiger charge is 2.55. The molecule has 0 aromatic heterocycles. The molecule has 0 bridgehead atoms. The van der Waals surface area contributed by atoms with Crippen molar-refractivity contribution in [3.63, 3.8) is 0 Å². The summed E-state index contributed by atoms with van der Waals surface area (Å²) in [6.45, 7) is 12.7. The highest BCUT2D eigenvalue weighted by atomic mass is 14.6. The number of hydrogen-bond donors (Lipinski definition) is 0. The maximum absolute atomic E-state index is 2.74. The van der Waals surface area contributed by atoms with Gasteiger partial charge in [0.2, 0.25) is 0 Å². The maximum Gasteiger partial charge on any atom is -0.0266 e. The molecule has 0 aromatic carbocycles. The molecule has 7 unspecified atom stereocenters. The Balaban J connectivity index is 1.80. The SMILES string of the molecule is CCCC1C2CCC3CCCCCC3(C)C2CCC1(C)CCC(C)CC. The van der Waals surface area contributed by atoms with E-state index < -0.39 is 0 Å². The Morgan fingerprint density at radius 3 is 2.46 bits per heavy atom. The second-order valence-electron chi connectivity index (χ2n) is 11.3. The van der Waals surface area contributed by atoms with Gasteiger partial charge in [-0.3, -0.25) is 0 Å². The molecule has 0 spiro atoms. The average Bonchev–Trinajstić information content (AvgIpc) is 2.83. The van der Waals surface area contributed by atoms with Gasteiger partial charge in [-0.15, -0.1) is 0 Å². The van der Waals surface area contributed by atoms with Gasteiger partial charge in [0, 0.05) is 0 Å². The van der Waals surface area contributed by atoms with Crippen LogP contribution < -0.4 is 0 Å². The van der Waals surface area contributed by atoms with Crippen LogP contribution >= 0.6 is 0 Å². The van der Waals surface area contributed by atoms with Gasteiger partial charge in [0.1, 0.15) is 0 Å². The topological polar surface area (TPSA) is 0 Å². The van der Waals surface area contributed by atoms with Crippen molar-refractivity contribution in [2.45, 2.75) is 125 Å². The molecule has 7 atom stereocenters. The largest absolute Gasteiger partial charge is 0.0654 e. The van der Waals surface area contributed by atoms with E-state index in [1.54, 1.807) is 32.1 Å². The normalized spacial score (nSPS) is 44.7. The summed E-state index contributed by atoms with van der Waals surface area (Å²) in [6.07, 6.45) is 21.0. The van der Waals surface area contributed by atoms with Crippen molar-refractivity contribution >= 4 is 0 Å². The Morgan fingerprint density at radius 2 is 1.73 bits per heavy atom. The summed E-state index contributed by atoms with van der Waals surface area (Å²) in [5.41, 5.74) is 1.32. The van der Waals surface area contributed by atoms with Gasteiger partial charge in [0.15, 0.2) is 0 Å². The second-order valence-corrected chi connectivity index (χ2v) is 11.3. The Morgan fingerprint density at radius 1 is 0.923 bits per heavy atom. The minimum absolute atomic E-state index is 0.633. The van der Waals surface area contributed by atoms with Gasteiger partial charge in [-0.25, -0.2) is 0 Å². The second kappa shape index (κ2) is 8.57. The van der Waals surface area contributed by atoms with Gasteiger partial charge in [-0.05, 0) is 91.8 Å². The third-order valence-electron chi connectivity index (χ3n) is 9.86. The summed E-state index contributed by atoms with van der Waals surface area (Å²) in [6, 6.07) is 0. The Labute approximate surface area is 165 Å². The molecule has 3 aliphatic carbocycles. The van der Waals surface area contributed by atoms with E-state index in [-0.39, 0.29) is 0 Å². The smallest absolute Gasteiger partial charge is 0.0266 e. The quantitative estimate of drug-likeness (QED) is 0.444. The van der Waals surface area contributed by atoms with E-state index in [1.165, 1.54) is 57.8 Å². The first kappa shape index (κ1) is 20.7. The minimum Gasteiger partial charge on any atom is -0.0654 e. The first-order valence-corrected chi connectivity index (χ1v) is 12.4. The van der Waals surface area contributed by atoms with E-state index in [9.17, 15) is 0 Å². The summed E-state index contributed by atoms with van der Waals surface area (Å²) in [5, 5.41) is 0. The summed E-state index contributed by atoms with van der Waals surface area (Å²) in [4.78, 5) is 0. The van der Waals surface area contributed by atoms with Crippen molar-refractivity contribution in [2.75, 3.05) is 0 Å². The summed E-state index contributed by atoms with van der Waals surface area (Å²) < 4.78 is 0. The number of hydrogen-bond acceptors (Lipinski definition) is 0. The summed E-state index contributed by atoms with van der Waals surface area (Å²) >= 11 is 0. The fourth-order valence-corrected chi connectivity index (χ4v) is 7.83. The van der Waals surface area contributed by atoms with E-state index in [1.807, 2.05) is 0 Å². The standard InChI is InChI=1S/C26H48/c1-6-11-23-22-14-13-21-12-9-8-10-17-26(21,5)24(22)16-19-25(23,4)18-15-20(3)7-2/h20-24H,6-19H2,1-5H3. The third kappa shape index (κ3) is 3.91. The molecule has 3 fully saturated rings. The van der Waals surface area contributed by atoms with Crippen LogP contribution in [-0.2, 0) is 0 Å². The molecule has 0 radical (unpaired) electrons. The van der Waals surface area contributed by atoms with E-state index in [4.69, 9.17) is 0 Å². The maximum atomic E-state index is 2.74. The lowest BCUT2D eigenvalue weighted by atomic mass is 9.45. The fraction of sp³-hybridized carbons (Fsp3) is 1.00. The Bertz CT molecular complexity index is 439. The molecule has 0 heteroatoms. The third-order valence-corrected chi connectivity index (χ3v) is 9.86. The Kier molecular flexibility index (Phi) is 6.83. The molecule has 3 aliphatic rings. The number of fused-ring (bicyclic) bond motifs is 3. The fourth-order valence-electron chi connectivity index (χ4n) is 7.83. The predicted molar refractivity (Wildman–Crippen MR) is 115 cm³/mol. The monoisotopic (exact) mass is 360 g/mol. The van der Waals surface area contributed by atoms with Crippen LogP contribution in [0.15, 0.2) is 0 Å². The molecule has 26 heavy (non-hydrogen) atoms. The van der Waals surface area contributed by atoms with Crippen LogP contribution in [0.25, 0.3) is 0 Å². The summed E-state index contributed by atoms with van der Waals surface area (Å²) in [5.74, 6) is 5.08. The molecule has 0 saturated heterocycles. The van der Waals surface area contributed by atoms with Crippen molar-refractivity contribution in [1.29, 1.82) is 0 Å². The van der Waals surface area contributed by atoms with Crippen LogP contribution in [0.2, 0.25) is 0 Å². The Hall–Kier alpha value is 0. The lowest BCUT2D eigenvalue weighted by Crippen LogP contribution is -2.52. The van der Waals surface area contributed by atoms with Gasteiger partial charge in [-0.2, -0.15) is 0 Å². The lowest BCUT2D eigenvalue weighted by molar-refractivity contribution is -0.105. The molecule has 152 valence electrons. The highest BCUT2D eigenvalue weighted by Crippen LogP contribution is 2.64. The van der Waals surface area contributed by atoms with E-state index >= 15 is 0 Å². The van der Waals surface area contributed by atoms with Crippen molar-refractivity contribution in [3.8, 4) is 0 Å². The van der Waals surface area contributed by atoms with Crippen LogP contribution in [-0.4, -0.2) is 0 Å². The van der Waals surface area contributed by atoms with Crippen molar-refractivity contribution in [3.05, 3.63) is 0 Å². The van der Waals surface area contributed by atoms with Gasteiger partial charge >= 0.3 is 0 Å². The molecular formula is C26H48. The molecule has 3 rings (SSSR count). The predicted octanol–water partition coefficient (Wildman–Crippen LogP) is 8.64. The van der Waals surface area contributed by atoms with Crippen molar-refractivity contribution in [2.24, 2.45) is 40.4 Å². The summed E-state index contributed by atoms with van der Waals surface area (Å²) in [7, 11) is 0. The van der Waals surface area contributed by atoms with Gasteiger partial charge in [0.05, 0.1) is 0 Å². The molecule has 3 saturated carbocycles. The van der Waals surface area contributed by atoms with Crippen molar-refractivity contribution in [1.82, 2.24) is 0 Å². The van der Waals surface area contributed by atoms with Gasteiger partial charge in [0.25, 0.3) is 0 Å². The van der Waals surface area contributed by atoms with Crippen molar-refractivity contribution < 1.29 is 0 Å². The lowest BCUT2D eigenvalue weighted by Gasteiger charge is -2.60. The molecule has 0 aromatic rings. The average molecular weight is 361 g/mol. The van der Waals surface area contributed by atoms with Gasteiger partial charge < -0.3 is 0 Å². The molecule has 0 aliphatic heterocycles. The first-order chi connectivity index (χ1) is 12.4. The minimum atomic E-state index is 0.633. The first-order valence-electron chi connectivity index (χ1n) is 12.4. The molecule has 0 amide bonds. The van der Waals surface area contributed by atoms with E-state index in [0.29, 0.717) is 10.8 Å². The number of rotatable bonds is 6. The zero-order valence-electron chi connectivity index (χ0n) is 18.8. The van der Waals surface area contributed by atoms with Gasteiger partial charge in [-0.1, -0.05) is 73.1 Å². The van der Waals surface area contributed by atoms with E-state index in [0.717, 1.165) is 29.6 Å². The molecule has 0 N–H and O–H groups in total.